The van der Waals surface area contributed by atoms with Crippen molar-refractivity contribution >= 4 is 29.0 Å². The fourth-order valence-corrected chi connectivity index (χ4v) is 3.92. The number of rotatable bonds is 7. The van der Waals surface area contributed by atoms with Crippen LogP contribution in [0.25, 0.3) is 5.65 Å². The highest BCUT2D eigenvalue weighted by molar-refractivity contribution is 5.95. The molecular weight excluding hydrogens is 410 g/mol. The van der Waals surface area contributed by atoms with E-state index in [9.17, 15) is 9.59 Å². The molecule has 2 amide bonds. The Morgan fingerprint density at radius 1 is 1.22 bits per heavy atom. The number of hydrogen-bond donors (Lipinski definition) is 1. The number of benzene rings is 1. The van der Waals surface area contributed by atoms with E-state index in [4.69, 9.17) is 4.74 Å². The second kappa shape index (κ2) is 9.63. The van der Waals surface area contributed by atoms with Gasteiger partial charge in [0.25, 0.3) is 0 Å². The Labute approximate surface area is 186 Å². The largest absolute Gasteiger partial charge is 0.497 e. The van der Waals surface area contributed by atoms with Crippen molar-refractivity contribution < 1.29 is 14.3 Å². The first-order valence-electron chi connectivity index (χ1n) is 10.7. The predicted molar refractivity (Wildman–Crippen MR) is 120 cm³/mol. The van der Waals surface area contributed by atoms with Gasteiger partial charge >= 0.3 is 0 Å². The number of carbonyl (C=O) groups excluding carboxylic acids is 2. The second-order valence-electron chi connectivity index (χ2n) is 7.72. The number of fused-ring (bicyclic) bond motifs is 1. The molecule has 1 fully saturated rings. The Morgan fingerprint density at radius 2 is 2.03 bits per heavy atom. The Balaban J connectivity index is 1.32. The molecule has 1 aromatic carbocycles. The van der Waals surface area contributed by atoms with Gasteiger partial charge in [-0.2, -0.15) is 4.52 Å². The highest BCUT2D eigenvalue weighted by Crippen LogP contribution is 2.24. The molecule has 1 N–H and O–H groups in total. The maximum absolute atomic E-state index is 13.1. The molecule has 1 aliphatic heterocycles. The SMILES string of the molecule is CCN(CC(=O)Nc1cccc(OC)c1)C(=O)C1CCN(c2ccc3nncn3n2)CC1. The van der Waals surface area contributed by atoms with Gasteiger partial charge in [-0.05, 0) is 44.0 Å². The molecule has 0 radical (unpaired) electrons. The molecule has 10 nitrogen and oxygen atoms in total. The van der Waals surface area contributed by atoms with Crippen LogP contribution in [0.3, 0.4) is 0 Å². The number of carbonyl (C=O) groups is 2. The van der Waals surface area contributed by atoms with Gasteiger partial charge in [-0.15, -0.1) is 15.3 Å². The van der Waals surface area contributed by atoms with Gasteiger partial charge in [0.15, 0.2) is 5.65 Å². The van der Waals surface area contributed by atoms with E-state index in [1.54, 1.807) is 41.1 Å². The van der Waals surface area contributed by atoms with Crippen LogP contribution in [0.2, 0.25) is 0 Å². The number of amides is 2. The Morgan fingerprint density at radius 3 is 2.78 bits per heavy atom. The molecule has 0 bridgehead atoms. The van der Waals surface area contributed by atoms with Crippen molar-refractivity contribution in [1.29, 1.82) is 0 Å². The third-order valence-corrected chi connectivity index (χ3v) is 5.70. The number of hydrogen-bond acceptors (Lipinski definition) is 7. The van der Waals surface area contributed by atoms with Crippen LogP contribution in [-0.4, -0.2) is 69.8 Å². The molecule has 168 valence electrons. The summed E-state index contributed by atoms with van der Waals surface area (Å²) in [5, 5.41) is 15.2. The van der Waals surface area contributed by atoms with Crippen molar-refractivity contribution in [2.75, 3.05) is 43.5 Å². The normalized spacial score (nSPS) is 14.4. The van der Waals surface area contributed by atoms with Crippen LogP contribution in [-0.2, 0) is 9.59 Å². The molecule has 1 aliphatic rings. The van der Waals surface area contributed by atoms with E-state index in [0.29, 0.717) is 36.5 Å². The third kappa shape index (κ3) is 4.79. The molecule has 0 aliphatic carbocycles. The second-order valence-corrected chi connectivity index (χ2v) is 7.72. The molecule has 1 saturated heterocycles. The molecule has 0 unspecified atom stereocenters. The third-order valence-electron chi connectivity index (χ3n) is 5.70. The van der Waals surface area contributed by atoms with Crippen LogP contribution < -0.4 is 15.0 Å². The van der Waals surface area contributed by atoms with Crippen molar-refractivity contribution in [2.24, 2.45) is 5.92 Å². The number of ether oxygens (including phenoxy) is 1. The lowest BCUT2D eigenvalue weighted by Crippen LogP contribution is -2.45. The highest BCUT2D eigenvalue weighted by Gasteiger charge is 2.29. The van der Waals surface area contributed by atoms with Gasteiger partial charge in [-0.25, -0.2) is 0 Å². The van der Waals surface area contributed by atoms with E-state index < -0.39 is 0 Å². The summed E-state index contributed by atoms with van der Waals surface area (Å²) in [6.45, 7) is 3.86. The van der Waals surface area contributed by atoms with Gasteiger partial charge in [-0.1, -0.05) is 6.07 Å². The summed E-state index contributed by atoms with van der Waals surface area (Å²) in [6.07, 6.45) is 3.01. The summed E-state index contributed by atoms with van der Waals surface area (Å²) in [6, 6.07) is 11.0. The average molecular weight is 438 g/mol. The molecular formula is C22H27N7O3. The van der Waals surface area contributed by atoms with Gasteiger partial charge in [0.05, 0.1) is 13.7 Å². The Bertz CT molecular complexity index is 1090. The fourth-order valence-electron chi connectivity index (χ4n) is 3.92. The van der Waals surface area contributed by atoms with Crippen LogP contribution in [0, 0.1) is 5.92 Å². The fraction of sp³-hybridized carbons (Fsp3) is 0.409. The van der Waals surface area contributed by atoms with Crippen molar-refractivity contribution in [2.45, 2.75) is 19.8 Å². The van der Waals surface area contributed by atoms with Crippen LogP contribution in [0.15, 0.2) is 42.7 Å². The van der Waals surface area contributed by atoms with Crippen molar-refractivity contribution in [3.05, 3.63) is 42.7 Å². The maximum atomic E-state index is 13.1. The van der Waals surface area contributed by atoms with Crippen LogP contribution in [0.4, 0.5) is 11.5 Å². The first kappa shape index (κ1) is 21.5. The lowest BCUT2D eigenvalue weighted by atomic mass is 9.95. The van der Waals surface area contributed by atoms with E-state index in [0.717, 1.165) is 18.9 Å². The minimum Gasteiger partial charge on any atom is -0.497 e. The van der Waals surface area contributed by atoms with Crippen LogP contribution in [0.5, 0.6) is 5.75 Å². The number of anilines is 2. The van der Waals surface area contributed by atoms with Crippen molar-refractivity contribution in [1.82, 2.24) is 24.7 Å². The minimum absolute atomic E-state index is 0.0233. The highest BCUT2D eigenvalue weighted by atomic mass is 16.5. The van der Waals surface area contributed by atoms with Gasteiger partial charge < -0.3 is 19.9 Å². The monoisotopic (exact) mass is 437 g/mol. The van der Waals surface area contributed by atoms with E-state index in [1.165, 1.54) is 0 Å². The average Bonchev–Trinajstić information content (AvgIpc) is 3.30. The summed E-state index contributed by atoms with van der Waals surface area (Å²) in [4.78, 5) is 29.4. The Kier molecular flexibility index (Phi) is 6.48. The molecule has 0 saturated carbocycles. The quantitative estimate of drug-likeness (QED) is 0.601. The van der Waals surface area contributed by atoms with Crippen molar-refractivity contribution in [3.8, 4) is 5.75 Å². The molecule has 0 spiro atoms. The smallest absolute Gasteiger partial charge is 0.243 e. The molecule has 3 heterocycles. The van der Waals surface area contributed by atoms with E-state index in [1.807, 2.05) is 25.1 Å². The number of nitrogens with one attached hydrogen (secondary N) is 1. The zero-order valence-corrected chi connectivity index (χ0v) is 18.3. The first-order valence-corrected chi connectivity index (χ1v) is 10.7. The van der Waals surface area contributed by atoms with E-state index >= 15 is 0 Å². The predicted octanol–water partition coefficient (Wildman–Crippen LogP) is 1.84. The standard InChI is InChI=1S/C22H27N7O3/c1-3-27(14-21(30)24-17-5-4-6-18(13-17)32-2)22(31)16-9-11-28(12-10-16)20-8-7-19-25-23-15-29(19)26-20/h4-8,13,15-16H,3,9-12,14H2,1-2H3,(H,24,30). The molecule has 32 heavy (non-hydrogen) atoms. The van der Waals surface area contributed by atoms with Crippen LogP contribution >= 0.6 is 0 Å². The summed E-state index contributed by atoms with van der Waals surface area (Å²) in [5.74, 6) is 1.20. The topological polar surface area (TPSA) is 105 Å². The number of aromatic nitrogens is 4. The van der Waals surface area contributed by atoms with Crippen molar-refractivity contribution in [3.63, 3.8) is 0 Å². The maximum Gasteiger partial charge on any atom is 0.243 e. The lowest BCUT2D eigenvalue weighted by Gasteiger charge is -2.34. The van der Waals surface area contributed by atoms with Gasteiger partial charge in [0.1, 0.15) is 17.9 Å². The molecule has 2 aromatic heterocycles. The van der Waals surface area contributed by atoms with Gasteiger partial charge in [0.2, 0.25) is 11.8 Å². The molecule has 0 atom stereocenters. The summed E-state index contributed by atoms with van der Waals surface area (Å²) in [5.41, 5.74) is 1.34. The van der Waals surface area contributed by atoms with Gasteiger partial charge in [-0.3, -0.25) is 9.59 Å². The number of nitrogens with zero attached hydrogens (tertiary/aromatic N) is 6. The Hall–Kier alpha value is -3.69. The van der Waals surface area contributed by atoms with Crippen LogP contribution in [0.1, 0.15) is 19.8 Å². The summed E-state index contributed by atoms with van der Waals surface area (Å²) in [7, 11) is 1.58. The number of likely N-dealkylation sites (N-methyl/N-ethyl adjacent to an activating group) is 1. The summed E-state index contributed by atoms with van der Waals surface area (Å²) < 4.78 is 6.83. The zero-order valence-electron chi connectivity index (χ0n) is 18.3. The first-order chi connectivity index (χ1) is 15.6. The summed E-state index contributed by atoms with van der Waals surface area (Å²) >= 11 is 0. The molecule has 3 aromatic rings. The molecule has 10 heteroatoms. The zero-order chi connectivity index (χ0) is 22.5. The number of piperidine rings is 1. The molecule has 4 rings (SSSR count). The lowest BCUT2D eigenvalue weighted by molar-refractivity contribution is -0.138. The number of methoxy groups -OCH3 is 1. The van der Waals surface area contributed by atoms with E-state index in [2.05, 4.69) is 25.5 Å². The van der Waals surface area contributed by atoms with E-state index in [-0.39, 0.29) is 24.3 Å². The minimum atomic E-state index is -0.225. The van der Waals surface area contributed by atoms with Gasteiger partial charge in [0, 0.05) is 37.3 Å².